The van der Waals surface area contributed by atoms with E-state index >= 15 is 0 Å². The van der Waals surface area contributed by atoms with E-state index in [-0.39, 0.29) is 0 Å². The average molecular weight is 245 g/mol. The summed E-state index contributed by atoms with van der Waals surface area (Å²) < 4.78 is 0. The van der Waals surface area contributed by atoms with E-state index in [9.17, 15) is 0 Å². The number of halogens is 1. The standard InChI is InChI=1S/C14H13ClN2/c15-8-13-7-14(5-6-16-13)17-9-11-3-1-2-4-12(11)10-17/h1-7H,8-10H2. The molecule has 0 unspecified atom stereocenters. The summed E-state index contributed by atoms with van der Waals surface area (Å²) in [7, 11) is 0. The Morgan fingerprint density at radius 3 is 2.47 bits per heavy atom. The largest absolute Gasteiger partial charge is 0.363 e. The Morgan fingerprint density at radius 2 is 1.82 bits per heavy atom. The molecule has 0 atom stereocenters. The molecule has 0 aliphatic carbocycles. The van der Waals surface area contributed by atoms with Crippen molar-refractivity contribution in [2.75, 3.05) is 4.90 Å². The SMILES string of the molecule is ClCc1cc(N2Cc3ccccc3C2)ccn1. The van der Waals surface area contributed by atoms with Gasteiger partial charge in [-0.15, -0.1) is 11.6 Å². The second-order valence-corrected chi connectivity index (χ2v) is 4.53. The van der Waals surface area contributed by atoms with E-state index in [0.717, 1.165) is 18.8 Å². The first-order chi connectivity index (χ1) is 8.36. The Labute approximate surface area is 106 Å². The van der Waals surface area contributed by atoms with Gasteiger partial charge in [-0.3, -0.25) is 4.98 Å². The predicted molar refractivity (Wildman–Crippen MR) is 70.1 cm³/mol. The first-order valence-electron chi connectivity index (χ1n) is 5.69. The number of benzene rings is 1. The summed E-state index contributed by atoms with van der Waals surface area (Å²) in [4.78, 5) is 6.57. The fourth-order valence-electron chi connectivity index (χ4n) is 2.25. The van der Waals surface area contributed by atoms with Crippen molar-refractivity contribution in [1.29, 1.82) is 0 Å². The first kappa shape index (κ1) is 10.6. The van der Waals surface area contributed by atoms with Gasteiger partial charge in [0.1, 0.15) is 0 Å². The van der Waals surface area contributed by atoms with Crippen LogP contribution in [-0.2, 0) is 19.0 Å². The molecule has 0 amide bonds. The number of alkyl halides is 1. The van der Waals surface area contributed by atoms with Crippen molar-refractivity contribution in [3.05, 3.63) is 59.4 Å². The van der Waals surface area contributed by atoms with Crippen LogP contribution in [0.15, 0.2) is 42.6 Å². The van der Waals surface area contributed by atoms with Gasteiger partial charge < -0.3 is 4.90 Å². The van der Waals surface area contributed by atoms with E-state index in [1.54, 1.807) is 0 Å². The van der Waals surface area contributed by atoms with Crippen molar-refractivity contribution in [1.82, 2.24) is 4.98 Å². The van der Waals surface area contributed by atoms with Gasteiger partial charge in [0.2, 0.25) is 0 Å². The first-order valence-corrected chi connectivity index (χ1v) is 6.23. The van der Waals surface area contributed by atoms with Crippen LogP contribution in [0.25, 0.3) is 0 Å². The topological polar surface area (TPSA) is 16.1 Å². The van der Waals surface area contributed by atoms with E-state index in [1.807, 2.05) is 12.3 Å². The zero-order valence-corrected chi connectivity index (χ0v) is 10.2. The molecule has 0 N–H and O–H groups in total. The Balaban J connectivity index is 1.88. The summed E-state index contributed by atoms with van der Waals surface area (Å²) in [6, 6.07) is 12.7. The smallest absolute Gasteiger partial charge is 0.0648 e. The van der Waals surface area contributed by atoms with Crippen LogP contribution in [0.5, 0.6) is 0 Å². The number of fused-ring (bicyclic) bond motifs is 1. The normalized spacial score (nSPS) is 13.8. The maximum absolute atomic E-state index is 5.81. The molecule has 0 radical (unpaired) electrons. The monoisotopic (exact) mass is 244 g/mol. The minimum absolute atomic E-state index is 0.467. The Hall–Kier alpha value is -1.54. The van der Waals surface area contributed by atoms with Gasteiger partial charge in [0.05, 0.1) is 11.6 Å². The number of nitrogens with zero attached hydrogens (tertiary/aromatic N) is 2. The highest BCUT2D eigenvalue weighted by atomic mass is 35.5. The molecule has 0 saturated heterocycles. The van der Waals surface area contributed by atoms with Gasteiger partial charge in [-0.1, -0.05) is 24.3 Å². The van der Waals surface area contributed by atoms with E-state index in [2.05, 4.69) is 40.2 Å². The molecule has 1 aliphatic heterocycles. The number of pyridine rings is 1. The maximum atomic E-state index is 5.81. The molecule has 0 saturated carbocycles. The third-order valence-corrected chi connectivity index (χ3v) is 3.42. The molecular weight excluding hydrogens is 232 g/mol. The Bertz CT molecular complexity index is 514. The van der Waals surface area contributed by atoms with Crippen LogP contribution in [0.3, 0.4) is 0 Å². The van der Waals surface area contributed by atoms with Crippen molar-refractivity contribution < 1.29 is 0 Å². The van der Waals surface area contributed by atoms with Crippen LogP contribution in [0.2, 0.25) is 0 Å². The fourth-order valence-corrected chi connectivity index (χ4v) is 2.40. The lowest BCUT2D eigenvalue weighted by Gasteiger charge is -2.17. The summed E-state index contributed by atoms with van der Waals surface area (Å²) in [5.41, 5.74) is 4.96. The number of aromatic nitrogens is 1. The van der Waals surface area contributed by atoms with Crippen molar-refractivity contribution in [3.63, 3.8) is 0 Å². The summed E-state index contributed by atoms with van der Waals surface area (Å²) in [5, 5.41) is 0. The molecule has 2 heterocycles. The second kappa shape index (κ2) is 4.38. The van der Waals surface area contributed by atoms with Crippen molar-refractivity contribution in [3.8, 4) is 0 Å². The van der Waals surface area contributed by atoms with Crippen molar-refractivity contribution >= 4 is 17.3 Å². The molecule has 1 aliphatic rings. The second-order valence-electron chi connectivity index (χ2n) is 4.26. The highest BCUT2D eigenvalue weighted by Crippen LogP contribution is 2.28. The zero-order valence-electron chi connectivity index (χ0n) is 9.44. The fraction of sp³-hybridized carbons (Fsp3) is 0.214. The van der Waals surface area contributed by atoms with Gasteiger partial charge >= 0.3 is 0 Å². The molecule has 2 aromatic rings. The molecule has 1 aromatic heterocycles. The summed E-state index contributed by atoms with van der Waals surface area (Å²) >= 11 is 5.81. The lowest BCUT2D eigenvalue weighted by molar-refractivity contribution is 0.876. The van der Waals surface area contributed by atoms with Gasteiger partial charge in [-0.2, -0.15) is 0 Å². The molecule has 0 fully saturated rings. The zero-order chi connectivity index (χ0) is 11.7. The highest BCUT2D eigenvalue weighted by Gasteiger charge is 2.18. The molecular formula is C14H13ClN2. The van der Waals surface area contributed by atoms with Crippen LogP contribution < -0.4 is 4.90 Å². The lowest BCUT2D eigenvalue weighted by Crippen LogP contribution is -2.14. The van der Waals surface area contributed by atoms with Gasteiger partial charge in [-0.25, -0.2) is 0 Å². The molecule has 3 heteroatoms. The van der Waals surface area contributed by atoms with E-state index in [1.165, 1.54) is 16.8 Å². The van der Waals surface area contributed by atoms with Crippen LogP contribution in [-0.4, -0.2) is 4.98 Å². The van der Waals surface area contributed by atoms with Crippen LogP contribution in [0.1, 0.15) is 16.8 Å². The third kappa shape index (κ3) is 2.01. The minimum Gasteiger partial charge on any atom is -0.363 e. The summed E-state index contributed by atoms with van der Waals surface area (Å²) in [5.74, 6) is 0.467. The van der Waals surface area contributed by atoms with Crippen LogP contribution >= 0.6 is 11.6 Å². The van der Waals surface area contributed by atoms with Crippen LogP contribution in [0.4, 0.5) is 5.69 Å². The molecule has 2 nitrogen and oxygen atoms in total. The molecule has 0 bridgehead atoms. The van der Waals surface area contributed by atoms with E-state index < -0.39 is 0 Å². The third-order valence-electron chi connectivity index (χ3n) is 3.14. The van der Waals surface area contributed by atoms with E-state index in [0.29, 0.717) is 5.88 Å². The Kier molecular flexibility index (Phi) is 2.73. The van der Waals surface area contributed by atoms with Crippen molar-refractivity contribution in [2.45, 2.75) is 19.0 Å². The molecule has 1 aromatic carbocycles. The quantitative estimate of drug-likeness (QED) is 0.754. The van der Waals surface area contributed by atoms with Gasteiger partial charge in [0, 0.05) is 25.0 Å². The molecule has 0 spiro atoms. The van der Waals surface area contributed by atoms with Gasteiger partial charge in [0.15, 0.2) is 0 Å². The minimum atomic E-state index is 0.467. The van der Waals surface area contributed by atoms with Crippen LogP contribution in [0, 0.1) is 0 Å². The average Bonchev–Trinajstić information content (AvgIpc) is 2.82. The molecule has 86 valence electrons. The van der Waals surface area contributed by atoms with Gasteiger partial charge in [-0.05, 0) is 23.3 Å². The summed E-state index contributed by atoms with van der Waals surface area (Å²) in [6.45, 7) is 1.95. The maximum Gasteiger partial charge on any atom is 0.0648 e. The number of anilines is 1. The number of hydrogen-bond donors (Lipinski definition) is 0. The van der Waals surface area contributed by atoms with Gasteiger partial charge in [0.25, 0.3) is 0 Å². The number of hydrogen-bond acceptors (Lipinski definition) is 2. The molecule has 3 rings (SSSR count). The highest BCUT2D eigenvalue weighted by molar-refractivity contribution is 6.16. The summed E-state index contributed by atoms with van der Waals surface area (Å²) in [6.07, 6.45) is 1.83. The van der Waals surface area contributed by atoms with E-state index in [4.69, 9.17) is 11.6 Å². The lowest BCUT2D eigenvalue weighted by atomic mass is 10.1. The number of rotatable bonds is 2. The predicted octanol–water partition coefficient (Wildman–Crippen LogP) is 3.34. The Morgan fingerprint density at radius 1 is 1.12 bits per heavy atom. The molecule has 17 heavy (non-hydrogen) atoms. The van der Waals surface area contributed by atoms with Crippen molar-refractivity contribution in [2.24, 2.45) is 0 Å².